The lowest BCUT2D eigenvalue weighted by Crippen LogP contribution is -2.22. The van der Waals surface area contributed by atoms with E-state index in [1.54, 1.807) is 43.8 Å². The van der Waals surface area contributed by atoms with E-state index in [4.69, 9.17) is 19.2 Å². The molecule has 8 aromatic heterocycles. The van der Waals surface area contributed by atoms with Crippen LogP contribution in [0.3, 0.4) is 0 Å². The van der Waals surface area contributed by atoms with Gasteiger partial charge < -0.3 is 28.9 Å². The molecule has 0 fully saturated rings. The molecule has 0 aromatic carbocycles. The lowest BCUT2D eigenvalue weighted by molar-refractivity contribution is -0.113. The number of fused-ring (bicyclic) bond motifs is 2. The Balaban J connectivity index is 0.000000183. The van der Waals surface area contributed by atoms with Crippen LogP contribution in [0.25, 0.3) is 50.7 Å². The quantitative estimate of drug-likeness (QED) is 0.0440. The molecule has 0 saturated carbocycles. The first-order chi connectivity index (χ1) is 32.2. The van der Waals surface area contributed by atoms with Crippen molar-refractivity contribution in [3.63, 3.8) is 0 Å². The van der Waals surface area contributed by atoms with Crippen molar-refractivity contribution in [2.24, 2.45) is 4.99 Å². The van der Waals surface area contributed by atoms with Gasteiger partial charge >= 0.3 is 5.97 Å². The number of hydrogen-bond acceptors (Lipinski definition) is 13. The predicted octanol–water partition coefficient (Wildman–Crippen LogP) is 9.05. The highest BCUT2D eigenvalue weighted by Gasteiger charge is 2.25. The van der Waals surface area contributed by atoms with Crippen LogP contribution >= 0.6 is 0 Å². The number of aromatic nitrogens is 10. The van der Waals surface area contributed by atoms with E-state index in [0.717, 1.165) is 50.9 Å². The number of rotatable bonds is 17. The van der Waals surface area contributed by atoms with Crippen LogP contribution in [-0.4, -0.2) is 92.6 Å². The van der Waals surface area contributed by atoms with Crippen LogP contribution in [0.15, 0.2) is 101 Å². The van der Waals surface area contributed by atoms with E-state index in [1.165, 1.54) is 6.07 Å². The molecule has 67 heavy (non-hydrogen) atoms. The molecule has 1 aliphatic heterocycles. The second-order valence-corrected chi connectivity index (χ2v) is 23.3. The number of Topliss-reactive ketones (excluding diaryl/α,β-unsaturated/α-hetero) is 2. The largest absolute Gasteiger partial charge is 0.477 e. The first-order valence-electron chi connectivity index (χ1n) is 22.0. The van der Waals surface area contributed by atoms with Crippen molar-refractivity contribution in [2.75, 3.05) is 6.61 Å². The number of aromatic carboxylic acids is 1. The number of ketones is 2. The van der Waals surface area contributed by atoms with Crippen LogP contribution in [0, 0.1) is 13.8 Å². The number of hydrogen-bond donors (Lipinski definition) is 3. The molecule has 0 saturated heterocycles. The summed E-state index contributed by atoms with van der Waals surface area (Å²) in [7, 11) is -1.25. The SMILES string of the molecule is CC1=C(c2ccc3[nH]c(-c4nc(C)no4)cc3n2)N=C(C(=O)CCc2ccncc2)C1.Cc1c(-c2ccc3[nH]c(C(=O)O)cc3n2)nc(C(=O)CCc2ccncc2)n1COCC[Si](C)(C)C. The summed E-state index contributed by atoms with van der Waals surface area (Å²) in [4.78, 5) is 74.4. The fraction of sp³-hybridized carbons (Fsp3) is 0.286. The van der Waals surface area contributed by atoms with Crippen LogP contribution in [0.5, 0.6) is 0 Å². The van der Waals surface area contributed by atoms with Crippen LogP contribution < -0.4 is 0 Å². The third-order valence-corrected chi connectivity index (χ3v) is 13.0. The molecule has 3 N–H and O–H groups in total. The zero-order chi connectivity index (χ0) is 47.2. The second-order valence-electron chi connectivity index (χ2n) is 17.6. The Morgan fingerprint density at radius 3 is 2.04 bits per heavy atom. The molecule has 0 unspecified atom stereocenters. The van der Waals surface area contributed by atoms with Gasteiger partial charge in [0.15, 0.2) is 23.2 Å². The van der Waals surface area contributed by atoms with Crippen LogP contribution in [0.4, 0.5) is 0 Å². The number of allylic oxidation sites excluding steroid dienone is 1. The van der Waals surface area contributed by atoms with Crippen LogP contribution in [0.1, 0.15) is 75.6 Å². The maximum atomic E-state index is 13.3. The Kier molecular flexibility index (Phi) is 13.6. The van der Waals surface area contributed by atoms with E-state index < -0.39 is 14.0 Å². The number of nitrogens with zero attached hydrogens (tertiary/aromatic N) is 9. The number of aromatic amines is 2. The Labute approximate surface area is 386 Å². The van der Waals surface area contributed by atoms with E-state index >= 15 is 0 Å². The number of H-pyrrole nitrogens is 2. The molecule has 18 heteroatoms. The average Bonchev–Trinajstić information content (AvgIpc) is 4.17. The highest BCUT2D eigenvalue weighted by molar-refractivity contribution is 6.76. The summed E-state index contributed by atoms with van der Waals surface area (Å²) in [6.45, 7) is 13.4. The average molecular weight is 918 g/mol. The van der Waals surface area contributed by atoms with E-state index in [-0.39, 0.29) is 24.0 Å². The Bertz CT molecular complexity index is 3160. The van der Waals surface area contributed by atoms with Crippen molar-refractivity contribution in [1.29, 1.82) is 0 Å². The van der Waals surface area contributed by atoms with E-state index in [0.29, 0.717) is 90.1 Å². The van der Waals surface area contributed by atoms with Gasteiger partial charge in [-0.25, -0.2) is 24.7 Å². The van der Waals surface area contributed by atoms with Crippen molar-refractivity contribution >= 4 is 59.1 Å². The fourth-order valence-electron chi connectivity index (χ4n) is 7.51. The summed E-state index contributed by atoms with van der Waals surface area (Å²) in [5.74, 6) is 0.283. The van der Waals surface area contributed by atoms with Crippen molar-refractivity contribution < 1.29 is 28.8 Å². The molecule has 342 valence electrons. The smallest absolute Gasteiger partial charge is 0.352 e. The zero-order valence-corrected chi connectivity index (χ0v) is 39.3. The summed E-state index contributed by atoms with van der Waals surface area (Å²) in [5.41, 5.74) is 10.8. The van der Waals surface area contributed by atoms with E-state index in [2.05, 4.69) is 59.7 Å². The fourth-order valence-corrected chi connectivity index (χ4v) is 8.27. The number of ether oxygens (including phenoxy) is 1. The van der Waals surface area contributed by atoms with Crippen molar-refractivity contribution in [3.8, 4) is 23.0 Å². The number of imidazole rings is 1. The molecule has 17 nitrogen and oxygen atoms in total. The number of carboxylic acid groups (broad SMARTS) is 1. The van der Waals surface area contributed by atoms with E-state index in [9.17, 15) is 19.5 Å². The first-order valence-corrected chi connectivity index (χ1v) is 25.7. The summed E-state index contributed by atoms with van der Waals surface area (Å²) in [5, 5.41) is 13.1. The number of carbonyl (C=O) groups is 3. The minimum atomic E-state index is -1.25. The zero-order valence-electron chi connectivity index (χ0n) is 38.3. The summed E-state index contributed by atoms with van der Waals surface area (Å²) in [6, 6.07) is 19.5. The normalized spacial score (nSPS) is 12.7. The third kappa shape index (κ3) is 11.1. The van der Waals surface area contributed by atoms with E-state index in [1.807, 2.05) is 60.9 Å². The van der Waals surface area contributed by atoms with Crippen molar-refractivity contribution in [1.82, 2.24) is 49.6 Å². The van der Waals surface area contributed by atoms with Gasteiger partial charge in [-0.3, -0.25) is 19.6 Å². The van der Waals surface area contributed by atoms with Gasteiger partial charge in [-0.2, -0.15) is 4.98 Å². The lowest BCUT2D eigenvalue weighted by atomic mass is 10.0. The number of carboxylic acids is 1. The van der Waals surface area contributed by atoms with Gasteiger partial charge in [-0.1, -0.05) is 24.8 Å². The number of pyridine rings is 4. The van der Waals surface area contributed by atoms with Gasteiger partial charge in [-0.15, -0.1) is 0 Å². The maximum absolute atomic E-state index is 13.3. The van der Waals surface area contributed by atoms with Gasteiger partial charge in [0.1, 0.15) is 23.8 Å². The molecule has 0 atom stereocenters. The Hall–Kier alpha value is -7.57. The van der Waals surface area contributed by atoms with Gasteiger partial charge in [-0.05, 0) is 117 Å². The standard InChI is InChI=1S/C26H31N5O4Si.C23H20N6O2/c1-17-24(20-7-6-19-21(29-20)15-22(28-19)26(33)34)30-25(31(17)16-35-13-14-36(2,3)4)23(32)8-5-18-9-11-27-12-10-18;1-13-11-19(21(30)6-3-15-7-9-24-10-8-15)28-22(13)17-5-4-16-18(27-17)12-20(26-16)23-25-14(2)29-31-23/h6-7,9-12,15,28H,5,8,13-14,16H2,1-4H3,(H,33,34);4-5,7-10,12,26H,3,6,11H2,1-2H3. The molecule has 9 heterocycles. The summed E-state index contributed by atoms with van der Waals surface area (Å²) < 4.78 is 13.0. The topological polar surface area (TPSA) is 233 Å². The van der Waals surface area contributed by atoms with Gasteiger partial charge in [0.05, 0.1) is 44.9 Å². The number of aryl methyl sites for hydroxylation is 3. The predicted molar refractivity (Wildman–Crippen MR) is 256 cm³/mol. The number of nitrogens with one attached hydrogen (secondary N) is 2. The van der Waals surface area contributed by atoms with Gasteiger partial charge in [0.25, 0.3) is 5.89 Å². The monoisotopic (exact) mass is 917 g/mol. The summed E-state index contributed by atoms with van der Waals surface area (Å²) in [6.07, 6.45) is 9.48. The van der Waals surface area contributed by atoms with Crippen molar-refractivity contribution in [3.05, 3.63) is 131 Å². The second kappa shape index (κ2) is 19.9. The lowest BCUT2D eigenvalue weighted by Gasteiger charge is -2.16. The molecule has 0 amide bonds. The minimum absolute atomic E-state index is 0.0691. The minimum Gasteiger partial charge on any atom is -0.477 e. The highest BCUT2D eigenvalue weighted by atomic mass is 28.3. The maximum Gasteiger partial charge on any atom is 0.352 e. The molecule has 8 aromatic rings. The highest BCUT2D eigenvalue weighted by Crippen LogP contribution is 2.31. The molecule has 0 spiro atoms. The number of carbonyl (C=O) groups excluding carboxylic acids is 2. The van der Waals surface area contributed by atoms with Gasteiger partial charge in [0, 0.05) is 64.4 Å². The number of aliphatic imine (C=N–C) groups is 1. The van der Waals surface area contributed by atoms with Crippen molar-refractivity contribution in [2.45, 2.75) is 85.3 Å². The molecular weight excluding hydrogens is 867 g/mol. The van der Waals surface area contributed by atoms with Gasteiger partial charge in [0.2, 0.25) is 0 Å². The first kappa shape index (κ1) is 46.0. The molecular formula is C49H51N11O6Si. The van der Waals surface area contributed by atoms with Crippen LogP contribution in [-0.2, 0) is 29.1 Å². The summed E-state index contributed by atoms with van der Waals surface area (Å²) >= 11 is 0. The molecule has 0 bridgehead atoms. The van der Waals surface area contributed by atoms with Crippen LogP contribution in [0.2, 0.25) is 25.7 Å². The third-order valence-electron chi connectivity index (χ3n) is 11.3. The Morgan fingerprint density at radius 2 is 1.40 bits per heavy atom. The molecule has 0 radical (unpaired) electrons. The molecule has 9 rings (SSSR count). The Morgan fingerprint density at radius 1 is 0.776 bits per heavy atom. The molecule has 1 aliphatic rings. The molecule has 0 aliphatic carbocycles.